The van der Waals surface area contributed by atoms with Gasteiger partial charge >= 0.3 is 5.97 Å². The van der Waals surface area contributed by atoms with Crippen LogP contribution in [0.25, 0.3) is 0 Å². The van der Waals surface area contributed by atoms with Gasteiger partial charge in [0.15, 0.2) is 0 Å². The quantitative estimate of drug-likeness (QED) is 0.861. The van der Waals surface area contributed by atoms with Crippen LogP contribution in [-0.4, -0.2) is 41.5 Å². The summed E-state index contributed by atoms with van der Waals surface area (Å²) in [4.78, 5) is 25.2. The number of aliphatic carboxylic acids is 1. The number of hydrogen-bond acceptors (Lipinski definition) is 3. The van der Waals surface area contributed by atoms with Crippen molar-refractivity contribution in [2.45, 2.75) is 26.3 Å². The molecule has 1 atom stereocenters. The van der Waals surface area contributed by atoms with Gasteiger partial charge in [-0.2, -0.15) is 0 Å². The van der Waals surface area contributed by atoms with Crippen molar-refractivity contribution in [3.63, 3.8) is 0 Å². The van der Waals surface area contributed by atoms with Crippen LogP contribution in [0.2, 0.25) is 0 Å². The molecule has 0 radical (unpaired) electrons. The fourth-order valence-corrected chi connectivity index (χ4v) is 2.74. The van der Waals surface area contributed by atoms with E-state index in [1.807, 2.05) is 38.1 Å². The highest BCUT2D eigenvalue weighted by atomic mass is 16.4. The molecular formula is C16H22N2O3. The second-order valence-corrected chi connectivity index (χ2v) is 5.84. The molecule has 1 aliphatic heterocycles. The number of hydrogen-bond donors (Lipinski definition) is 2. The van der Waals surface area contributed by atoms with Gasteiger partial charge in [-0.05, 0) is 23.5 Å². The number of nitrogens with zero attached hydrogens (tertiary/aromatic N) is 1. The lowest BCUT2D eigenvalue weighted by molar-refractivity contribution is -0.145. The summed E-state index contributed by atoms with van der Waals surface area (Å²) in [5, 5.41) is 12.2. The van der Waals surface area contributed by atoms with Crippen molar-refractivity contribution >= 4 is 11.9 Å². The zero-order chi connectivity index (χ0) is 15.4. The molecule has 2 rings (SSSR count). The van der Waals surface area contributed by atoms with Crippen LogP contribution >= 0.6 is 0 Å². The number of carbonyl (C=O) groups is 2. The van der Waals surface area contributed by atoms with Crippen molar-refractivity contribution in [2.24, 2.45) is 5.92 Å². The maximum atomic E-state index is 12.7. The first-order valence-corrected chi connectivity index (χ1v) is 7.30. The monoisotopic (exact) mass is 290 g/mol. The standard InChI is InChI=1S/C16H22N2O3/c1-11(2)9-18(10-14(19)20)16(21)15-13-6-4-3-5-12(13)7-8-17-15/h3-6,11,15,17H,7-10H2,1-2H3,(H,19,20). The maximum absolute atomic E-state index is 12.7. The molecule has 21 heavy (non-hydrogen) atoms. The van der Waals surface area contributed by atoms with E-state index >= 15 is 0 Å². The molecule has 0 spiro atoms. The highest BCUT2D eigenvalue weighted by Crippen LogP contribution is 2.24. The van der Waals surface area contributed by atoms with E-state index in [0.717, 1.165) is 24.1 Å². The Balaban J connectivity index is 2.23. The Kier molecular flexibility index (Phi) is 4.96. The van der Waals surface area contributed by atoms with Crippen LogP contribution < -0.4 is 5.32 Å². The number of carboxylic acids is 1. The van der Waals surface area contributed by atoms with Crippen molar-refractivity contribution in [3.8, 4) is 0 Å². The largest absolute Gasteiger partial charge is 0.480 e. The smallest absolute Gasteiger partial charge is 0.323 e. The molecule has 1 heterocycles. The van der Waals surface area contributed by atoms with E-state index in [0.29, 0.717) is 6.54 Å². The number of fused-ring (bicyclic) bond motifs is 1. The zero-order valence-electron chi connectivity index (χ0n) is 12.5. The van der Waals surface area contributed by atoms with E-state index in [-0.39, 0.29) is 18.4 Å². The van der Waals surface area contributed by atoms with Crippen molar-refractivity contribution in [1.29, 1.82) is 0 Å². The minimum atomic E-state index is -0.979. The number of carbonyl (C=O) groups excluding carboxylic acids is 1. The average molecular weight is 290 g/mol. The fourth-order valence-electron chi connectivity index (χ4n) is 2.74. The minimum absolute atomic E-state index is 0.154. The molecule has 114 valence electrons. The Hall–Kier alpha value is -1.88. The third-order valence-electron chi connectivity index (χ3n) is 3.58. The summed E-state index contributed by atoms with van der Waals surface area (Å²) in [5.41, 5.74) is 2.13. The molecular weight excluding hydrogens is 268 g/mol. The van der Waals surface area contributed by atoms with Gasteiger partial charge in [-0.3, -0.25) is 9.59 Å². The third-order valence-corrected chi connectivity index (χ3v) is 3.58. The Bertz CT molecular complexity index is 528. The van der Waals surface area contributed by atoms with Gasteiger partial charge in [-0.15, -0.1) is 0 Å². The number of amides is 1. The SMILES string of the molecule is CC(C)CN(CC(=O)O)C(=O)C1NCCc2ccccc21. The lowest BCUT2D eigenvalue weighted by Gasteiger charge is -2.31. The number of rotatable bonds is 5. The lowest BCUT2D eigenvalue weighted by atomic mass is 9.93. The number of nitrogens with one attached hydrogen (secondary N) is 1. The number of benzene rings is 1. The van der Waals surface area contributed by atoms with Crippen LogP contribution in [0.15, 0.2) is 24.3 Å². The van der Waals surface area contributed by atoms with Gasteiger partial charge in [0.05, 0.1) is 0 Å². The molecule has 2 N–H and O–H groups in total. The Morgan fingerprint density at radius 2 is 2.10 bits per heavy atom. The molecule has 0 saturated carbocycles. The molecule has 0 bridgehead atoms. The molecule has 0 aliphatic carbocycles. The van der Waals surface area contributed by atoms with Gasteiger partial charge in [-0.1, -0.05) is 38.1 Å². The third kappa shape index (κ3) is 3.82. The first kappa shape index (κ1) is 15.5. The van der Waals surface area contributed by atoms with Crippen LogP contribution in [0, 0.1) is 5.92 Å². The van der Waals surface area contributed by atoms with Crippen LogP contribution in [-0.2, 0) is 16.0 Å². The van der Waals surface area contributed by atoms with Crippen LogP contribution in [0.3, 0.4) is 0 Å². The summed E-state index contributed by atoms with van der Waals surface area (Å²) >= 11 is 0. The summed E-state index contributed by atoms with van der Waals surface area (Å²) < 4.78 is 0. The number of carboxylic acid groups (broad SMARTS) is 1. The summed E-state index contributed by atoms with van der Waals surface area (Å²) in [6.45, 7) is 4.88. The maximum Gasteiger partial charge on any atom is 0.323 e. The van der Waals surface area contributed by atoms with Crippen molar-refractivity contribution in [3.05, 3.63) is 35.4 Å². The second-order valence-electron chi connectivity index (χ2n) is 5.84. The minimum Gasteiger partial charge on any atom is -0.480 e. The fraction of sp³-hybridized carbons (Fsp3) is 0.500. The topological polar surface area (TPSA) is 69.6 Å². The van der Waals surface area contributed by atoms with Gasteiger partial charge in [0, 0.05) is 13.1 Å². The van der Waals surface area contributed by atoms with Crippen LogP contribution in [0.5, 0.6) is 0 Å². The molecule has 1 unspecified atom stereocenters. The molecule has 5 nitrogen and oxygen atoms in total. The van der Waals surface area contributed by atoms with E-state index in [9.17, 15) is 9.59 Å². The lowest BCUT2D eigenvalue weighted by Crippen LogP contribution is -2.46. The molecule has 0 fully saturated rings. The molecule has 1 amide bonds. The Morgan fingerprint density at radius 3 is 2.76 bits per heavy atom. The Labute approximate surface area is 125 Å². The van der Waals surface area contributed by atoms with Crippen molar-refractivity contribution in [1.82, 2.24) is 10.2 Å². The summed E-state index contributed by atoms with van der Waals surface area (Å²) in [6, 6.07) is 7.41. The molecule has 0 aromatic heterocycles. The van der Waals surface area contributed by atoms with E-state index in [1.165, 1.54) is 4.90 Å². The summed E-state index contributed by atoms with van der Waals surface area (Å²) in [6.07, 6.45) is 0.892. The molecule has 1 aromatic carbocycles. The van der Waals surface area contributed by atoms with Crippen molar-refractivity contribution < 1.29 is 14.7 Å². The summed E-state index contributed by atoms with van der Waals surface area (Å²) in [7, 11) is 0. The van der Waals surface area contributed by atoms with E-state index in [4.69, 9.17) is 5.11 Å². The molecule has 0 saturated heterocycles. The Morgan fingerprint density at radius 1 is 1.38 bits per heavy atom. The highest BCUT2D eigenvalue weighted by Gasteiger charge is 2.30. The first-order chi connectivity index (χ1) is 9.99. The molecule has 5 heteroatoms. The molecule has 1 aliphatic rings. The highest BCUT2D eigenvalue weighted by molar-refractivity contribution is 5.87. The van der Waals surface area contributed by atoms with E-state index in [2.05, 4.69) is 5.32 Å². The van der Waals surface area contributed by atoms with E-state index in [1.54, 1.807) is 0 Å². The summed E-state index contributed by atoms with van der Waals surface area (Å²) in [5.74, 6) is -0.904. The van der Waals surface area contributed by atoms with Crippen LogP contribution in [0.4, 0.5) is 0 Å². The zero-order valence-corrected chi connectivity index (χ0v) is 12.5. The van der Waals surface area contributed by atoms with E-state index < -0.39 is 12.0 Å². The van der Waals surface area contributed by atoms with Gasteiger partial charge in [0.25, 0.3) is 0 Å². The molecule has 1 aromatic rings. The van der Waals surface area contributed by atoms with Crippen LogP contribution in [0.1, 0.15) is 31.0 Å². The predicted octanol–water partition coefficient (Wildman–Crippen LogP) is 1.44. The van der Waals surface area contributed by atoms with Gasteiger partial charge < -0.3 is 15.3 Å². The van der Waals surface area contributed by atoms with Gasteiger partial charge in [-0.25, -0.2) is 0 Å². The van der Waals surface area contributed by atoms with Gasteiger partial charge in [0.1, 0.15) is 12.6 Å². The average Bonchev–Trinajstić information content (AvgIpc) is 2.44. The normalized spacial score (nSPS) is 17.4. The second kappa shape index (κ2) is 6.72. The van der Waals surface area contributed by atoms with Crippen molar-refractivity contribution in [2.75, 3.05) is 19.6 Å². The van der Waals surface area contributed by atoms with Gasteiger partial charge in [0.2, 0.25) is 5.91 Å². The predicted molar refractivity (Wildman–Crippen MR) is 79.9 cm³/mol. The first-order valence-electron chi connectivity index (χ1n) is 7.30.